The number of benzene rings is 2. The van der Waals surface area contributed by atoms with Gasteiger partial charge in [-0.05, 0) is 48.0 Å². The van der Waals surface area contributed by atoms with Crippen molar-refractivity contribution in [2.24, 2.45) is 0 Å². The topological polar surface area (TPSA) is 104 Å². The van der Waals surface area contributed by atoms with E-state index in [1.807, 2.05) is 12.1 Å². The second-order valence-electron chi connectivity index (χ2n) is 6.76. The number of nitrogen functional groups attached to an aromatic ring is 1. The number of anilines is 2. The predicted molar refractivity (Wildman–Crippen MR) is 115 cm³/mol. The summed E-state index contributed by atoms with van der Waals surface area (Å²) in [5, 5.41) is 7.82. The van der Waals surface area contributed by atoms with Gasteiger partial charge in [-0.25, -0.2) is 9.37 Å². The predicted octanol–water partition coefficient (Wildman–Crippen LogP) is 3.23. The molecule has 31 heavy (non-hydrogen) atoms. The van der Waals surface area contributed by atoms with Gasteiger partial charge in [0.1, 0.15) is 23.2 Å². The van der Waals surface area contributed by atoms with E-state index in [2.05, 4.69) is 15.4 Å². The summed E-state index contributed by atoms with van der Waals surface area (Å²) < 4.78 is 25.9. The van der Waals surface area contributed by atoms with Crippen molar-refractivity contribution in [2.75, 3.05) is 24.8 Å². The van der Waals surface area contributed by atoms with Gasteiger partial charge in [0.2, 0.25) is 5.88 Å². The zero-order chi connectivity index (χ0) is 21.8. The highest BCUT2D eigenvalue weighted by molar-refractivity contribution is 5.92. The van der Waals surface area contributed by atoms with E-state index in [1.54, 1.807) is 48.2 Å². The molecule has 0 saturated carbocycles. The number of carbonyl (C=O) groups is 1. The Hall–Kier alpha value is -4.14. The van der Waals surface area contributed by atoms with Gasteiger partial charge in [-0.3, -0.25) is 9.48 Å². The lowest BCUT2D eigenvalue weighted by atomic mass is 10.2. The van der Waals surface area contributed by atoms with E-state index in [9.17, 15) is 9.18 Å². The standard InChI is InChI=1S/C22H20FN5O3/c1-30-16-9-10-18-17(11-16)22(27-28(18)12-14-5-7-15(23)8-6-14)31-13-21(29)26-20-4-2-3-19(24)25-20/h2-11H,12-13H2,1H3,(H3,24,25,26,29). The Labute approximate surface area is 177 Å². The molecular weight excluding hydrogens is 401 g/mol. The van der Waals surface area contributed by atoms with Crippen LogP contribution in [0, 0.1) is 5.82 Å². The van der Waals surface area contributed by atoms with E-state index >= 15 is 0 Å². The van der Waals surface area contributed by atoms with Gasteiger partial charge in [0.15, 0.2) is 6.61 Å². The maximum Gasteiger partial charge on any atom is 0.263 e. The van der Waals surface area contributed by atoms with Gasteiger partial charge in [0.25, 0.3) is 5.91 Å². The third-order valence-electron chi connectivity index (χ3n) is 4.55. The van der Waals surface area contributed by atoms with Crippen molar-refractivity contribution in [3.63, 3.8) is 0 Å². The number of nitrogens with zero attached hydrogens (tertiary/aromatic N) is 3. The number of hydrogen-bond acceptors (Lipinski definition) is 6. The summed E-state index contributed by atoms with van der Waals surface area (Å²) >= 11 is 0. The highest BCUT2D eigenvalue weighted by Gasteiger charge is 2.15. The Morgan fingerprint density at radius 3 is 2.71 bits per heavy atom. The first-order chi connectivity index (χ1) is 15.0. The average molecular weight is 421 g/mol. The summed E-state index contributed by atoms with van der Waals surface area (Å²) in [6.07, 6.45) is 0. The number of ether oxygens (including phenoxy) is 2. The van der Waals surface area contributed by atoms with Crippen molar-refractivity contribution in [1.29, 1.82) is 0 Å². The van der Waals surface area contributed by atoms with Crippen molar-refractivity contribution >= 4 is 28.4 Å². The maximum absolute atomic E-state index is 13.2. The Bertz CT molecular complexity index is 1220. The summed E-state index contributed by atoms with van der Waals surface area (Å²) in [5.74, 6) is 0.850. The Morgan fingerprint density at radius 2 is 1.97 bits per heavy atom. The molecule has 0 aliphatic carbocycles. The Kier molecular flexibility index (Phi) is 5.65. The molecular formula is C22H20FN5O3. The Morgan fingerprint density at radius 1 is 1.16 bits per heavy atom. The molecule has 2 heterocycles. The third-order valence-corrected chi connectivity index (χ3v) is 4.55. The molecule has 2 aromatic carbocycles. The third kappa shape index (κ3) is 4.72. The number of carbonyl (C=O) groups excluding carboxylic acids is 1. The number of nitrogens with two attached hydrogens (primary N) is 1. The van der Waals surface area contributed by atoms with Gasteiger partial charge in [0, 0.05) is 0 Å². The number of methoxy groups -OCH3 is 1. The van der Waals surface area contributed by atoms with Gasteiger partial charge >= 0.3 is 0 Å². The number of pyridine rings is 1. The van der Waals surface area contributed by atoms with Gasteiger partial charge in [0.05, 0.1) is 24.6 Å². The minimum Gasteiger partial charge on any atom is -0.497 e. The SMILES string of the molecule is COc1ccc2c(c1)c(OCC(=O)Nc1cccc(N)n1)nn2Cc1ccc(F)cc1. The van der Waals surface area contributed by atoms with Crippen LogP contribution in [0.3, 0.4) is 0 Å². The molecule has 0 bridgehead atoms. The van der Waals surface area contributed by atoms with Crippen LogP contribution >= 0.6 is 0 Å². The molecule has 0 radical (unpaired) electrons. The summed E-state index contributed by atoms with van der Waals surface area (Å²) in [6.45, 7) is 0.141. The summed E-state index contributed by atoms with van der Waals surface area (Å²) in [5.41, 5.74) is 7.29. The molecule has 0 unspecified atom stereocenters. The van der Waals surface area contributed by atoms with Crippen molar-refractivity contribution < 1.29 is 18.7 Å². The summed E-state index contributed by atoms with van der Waals surface area (Å²) in [4.78, 5) is 16.3. The first-order valence-electron chi connectivity index (χ1n) is 9.46. The molecule has 1 amide bonds. The molecule has 0 aliphatic rings. The molecule has 3 N–H and O–H groups in total. The molecule has 0 aliphatic heterocycles. The molecule has 0 saturated heterocycles. The van der Waals surface area contributed by atoms with Gasteiger partial charge < -0.3 is 20.5 Å². The molecule has 0 fully saturated rings. The molecule has 0 atom stereocenters. The number of nitrogens with one attached hydrogen (secondary N) is 1. The van der Waals surface area contributed by atoms with Gasteiger partial charge in [-0.2, -0.15) is 0 Å². The monoisotopic (exact) mass is 421 g/mol. The first-order valence-corrected chi connectivity index (χ1v) is 9.46. The van der Waals surface area contributed by atoms with E-state index in [4.69, 9.17) is 15.2 Å². The van der Waals surface area contributed by atoms with Crippen LogP contribution < -0.4 is 20.5 Å². The van der Waals surface area contributed by atoms with Gasteiger partial charge in [-0.1, -0.05) is 18.2 Å². The van der Waals surface area contributed by atoms with Crippen LogP contribution in [-0.2, 0) is 11.3 Å². The molecule has 9 heteroatoms. The second kappa shape index (κ2) is 8.70. The van der Waals surface area contributed by atoms with Crippen LogP contribution in [0.2, 0.25) is 0 Å². The minimum atomic E-state index is -0.401. The zero-order valence-electron chi connectivity index (χ0n) is 16.7. The lowest BCUT2D eigenvalue weighted by Gasteiger charge is -2.06. The number of aromatic nitrogens is 3. The van der Waals surface area contributed by atoms with E-state index in [0.717, 1.165) is 11.1 Å². The minimum absolute atomic E-state index is 0.268. The van der Waals surface area contributed by atoms with E-state index < -0.39 is 5.91 Å². The fourth-order valence-electron chi connectivity index (χ4n) is 3.08. The van der Waals surface area contributed by atoms with Crippen LogP contribution in [0.15, 0.2) is 60.7 Å². The maximum atomic E-state index is 13.2. The fraction of sp³-hybridized carbons (Fsp3) is 0.136. The van der Waals surface area contributed by atoms with E-state index in [-0.39, 0.29) is 18.3 Å². The number of rotatable bonds is 7. The summed E-state index contributed by atoms with van der Waals surface area (Å²) in [7, 11) is 1.57. The number of amides is 1. The van der Waals surface area contributed by atoms with Crippen LogP contribution in [-0.4, -0.2) is 34.4 Å². The van der Waals surface area contributed by atoms with Crippen molar-refractivity contribution in [1.82, 2.24) is 14.8 Å². The largest absolute Gasteiger partial charge is 0.497 e. The molecule has 4 aromatic rings. The smallest absolute Gasteiger partial charge is 0.263 e. The highest BCUT2D eigenvalue weighted by Crippen LogP contribution is 2.29. The fourth-order valence-corrected chi connectivity index (χ4v) is 3.08. The number of fused-ring (bicyclic) bond motifs is 1. The van der Waals surface area contributed by atoms with Crippen LogP contribution in [0.4, 0.5) is 16.0 Å². The van der Waals surface area contributed by atoms with Gasteiger partial charge in [-0.15, -0.1) is 5.10 Å². The zero-order valence-corrected chi connectivity index (χ0v) is 16.7. The Balaban J connectivity index is 1.55. The normalized spacial score (nSPS) is 10.8. The molecule has 2 aromatic heterocycles. The molecule has 4 rings (SSSR count). The lowest BCUT2D eigenvalue weighted by molar-refractivity contribution is -0.118. The highest BCUT2D eigenvalue weighted by atomic mass is 19.1. The van der Waals surface area contributed by atoms with E-state index in [0.29, 0.717) is 29.3 Å². The molecule has 158 valence electrons. The van der Waals surface area contributed by atoms with Crippen LogP contribution in [0.1, 0.15) is 5.56 Å². The molecule has 8 nitrogen and oxygen atoms in total. The van der Waals surface area contributed by atoms with Crippen molar-refractivity contribution in [3.05, 3.63) is 72.0 Å². The quantitative estimate of drug-likeness (QED) is 0.475. The number of halogens is 1. The number of hydrogen-bond donors (Lipinski definition) is 2. The lowest BCUT2D eigenvalue weighted by Crippen LogP contribution is -2.21. The first kappa shape index (κ1) is 20.1. The van der Waals surface area contributed by atoms with Crippen molar-refractivity contribution in [2.45, 2.75) is 6.54 Å². The second-order valence-corrected chi connectivity index (χ2v) is 6.76. The van der Waals surface area contributed by atoms with Crippen LogP contribution in [0.25, 0.3) is 10.9 Å². The van der Waals surface area contributed by atoms with E-state index in [1.165, 1.54) is 12.1 Å². The van der Waals surface area contributed by atoms with Crippen LogP contribution in [0.5, 0.6) is 11.6 Å². The average Bonchev–Trinajstić information content (AvgIpc) is 3.10. The summed E-state index contributed by atoms with van der Waals surface area (Å²) in [6, 6.07) is 16.6. The van der Waals surface area contributed by atoms with Crippen molar-refractivity contribution in [3.8, 4) is 11.6 Å². The molecule has 0 spiro atoms.